The number of carbonyl (C=O) groups is 2. The molecule has 2 aromatic rings. The van der Waals surface area contributed by atoms with Crippen LogP contribution in [-0.4, -0.2) is 18.4 Å². The fraction of sp³-hybridized carbons (Fsp3) is 0.176. The number of benzene rings is 2. The van der Waals surface area contributed by atoms with Crippen molar-refractivity contribution in [1.82, 2.24) is 5.32 Å². The van der Waals surface area contributed by atoms with E-state index in [0.29, 0.717) is 5.75 Å². The van der Waals surface area contributed by atoms with Crippen LogP contribution in [0.25, 0.3) is 0 Å². The molecule has 0 aromatic heterocycles. The highest BCUT2D eigenvalue weighted by atomic mass is 16.5. The molecule has 0 spiro atoms. The highest BCUT2D eigenvalue weighted by molar-refractivity contribution is 5.95. The van der Waals surface area contributed by atoms with Crippen molar-refractivity contribution in [2.75, 3.05) is 6.61 Å². The number of amides is 2. The van der Waals surface area contributed by atoms with Gasteiger partial charge in [-0.25, -0.2) is 0 Å². The predicted octanol–water partition coefficient (Wildman–Crippen LogP) is 2.04. The second kappa shape index (κ2) is 7.26. The Bertz CT molecular complexity index is 656. The van der Waals surface area contributed by atoms with Gasteiger partial charge in [-0.15, -0.1) is 0 Å². The van der Waals surface area contributed by atoms with Crippen LogP contribution in [0.4, 0.5) is 0 Å². The molecule has 2 rings (SSSR count). The molecule has 0 aliphatic carbocycles. The summed E-state index contributed by atoms with van der Waals surface area (Å²) in [7, 11) is 0. The van der Waals surface area contributed by atoms with Gasteiger partial charge in [-0.1, -0.05) is 42.5 Å². The zero-order chi connectivity index (χ0) is 15.9. The lowest BCUT2D eigenvalue weighted by Gasteiger charge is -2.15. The number of para-hydroxylation sites is 1. The molecule has 1 atom stereocenters. The van der Waals surface area contributed by atoms with Gasteiger partial charge in [0.2, 0.25) is 0 Å². The van der Waals surface area contributed by atoms with Crippen LogP contribution in [0.1, 0.15) is 28.9 Å². The summed E-state index contributed by atoms with van der Waals surface area (Å²) in [6.07, 6.45) is 0. The summed E-state index contributed by atoms with van der Waals surface area (Å²) in [5.41, 5.74) is 6.52. The Morgan fingerprint density at radius 3 is 2.41 bits per heavy atom. The van der Waals surface area contributed by atoms with Crippen LogP contribution in [0.5, 0.6) is 5.75 Å². The minimum absolute atomic E-state index is 0.122. The quantitative estimate of drug-likeness (QED) is 0.856. The summed E-state index contributed by atoms with van der Waals surface area (Å²) in [6, 6.07) is 16.1. The molecule has 5 heteroatoms. The molecule has 0 radical (unpaired) electrons. The summed E-state index contributed by atoms with van der Waals surface area (Å²) in [4.78, 5) is 23.2. The van der Waals surface area contributed by atoms with Crippen molar-refractivity contribution in [2.24, 2.45) is 5.73 Å². The van der Waals surface area contributed by atoms with Crippen LogP contribution in [0, 0.1) is 0 Å². The molecule has 0 aliphatic heterocycles. The van der Waals surface area contributed by atoms with Crippen molar-refractivity contribution in [3.8, 4) is 5.75 Å². The number of carbonyl (C=O) groups excluding carboxylic acids is 2. The predicted molar refractivity (Wildman–Crippen MR) is 83.5 cm³/mol. The van der Waals surface area contributed by atoms with Crippen molar-refractivity contribution in [2.45, 2.75) is 13.0 Å². The lowest BCUT2D eigenvalue weighted by Crippen LogP contribution is -2.31. The maximum absolute atomic E-state index is 11.9. The number of rotatable bonds is 6. The molecule has 5 nitrogen and oxygen atoms in total. The standard InChI is InChI=1S/C17H18N2O3/c1-12(13-7-3-2-4-8-13)19-16(20)11-22-15-10-6-5-9-14(15)17(18)21/h2-10,12H,11H2,1H3,(H2,18,21)(H,19,20)/t12-/m1/s1. The number of nitrogens with one attached hydrogen (secondary N) is 1. The van der Waals surface area contributed by atoms with Crippen molar-refractivity contribution in [1.29, 1.82) is 0 Å². The van der Waals surface area contributed by atoms with Gasteiger partial charge in [0.1, 0.15) is 5.75 Å². The molecule has 0 saturated carbocycles. The van der Waals surface area contributed by atoms with Crippen LogP contribution >= 0.6 is 0 Å². The first-order valence-corrected chi connectivity index (χ1v) is 6.94. The largest absolute Gasteiger partial charge is 0.483 e. The Morgan fingerprint density at radius 2 is 1.73 bits per heavy atom. The second-order valence-electron chi connectivity index (χ2n) is 4.85. The number of nitrogens with two attached hydrogens (primary N) is 1. The molecule has 22 heavy (non-hydrogen) atoms. The van der Waals surface area contributed by atoms with E-state index in [0.717, 1.165) is 5.56 Å². The Hall–Kier alpha value is -2.82. The third-order valence-electron chi connectivity index (χ3n) is 3.19. The van der Waals surface area contributed by atoms with E-state index < -0.39 is 5.91 Å². The fourth-order valence-corrected chi connectivity index (χ4v) is 2.05. The lowest BCUT2D eigenvalue weighted by atomic mass is 10.1. The smallest absolute Gasteiger partial charge is 0.258 e. The molecule has 0 aliphatic rings. The highest BCUT2D eigenvalue weighted by Gasteiger charge is 2.12. The Kier molecular flexibility index (Phi) is 5.14. The maximum Gasteiger partial charge on any atom is 0.258 e. The molecule has 0 fully saturated rings. The number of primary amides is 1. The number of ether oxygens (including phenoxy) is 1. The van der Waals surface area contributed by atoms with Gasteiger partial charge in [-0.3, -0.25) is 9.59 Å². The van der Waals surface area contributed by atoms with Gasteiger partial charge in [-0.05, 0) is 24.6 Å². The second-order valence-corrected chi connectivity index (χ2v) is 4.85. The summed E-state index contributed by atoms with van der Waals surface area (Å²) >= 11 is 0. The minimum Gasteiger partial charge on any atom is -0.483 e. The molecule has 3 N–H and O–H groups in total. The van der Waals surface area contributed by atoms with Gasteiger partial charge in [-0.2, -0.15) is 0 Å². The Labute approximate surface area is 129 Å². The SMILES string of the molecule is C[C@@H](NC(=O)COc1ccccc1C(N)=O)c1ccccc1. The zero-order valence-corrected chi connectivity index (χ0v) is 12.3. The van der Waals surface area contributed by atoms with Crippen LogP contribution in [0.15, 0.2) is 54.6 Å². The first kappa shape index (κ1) is 15.6. The van der Waals surface area contributed by atoms with Crippen LogP contribution < -0.4 is 15.8 Å². The Balaban J connectivity index is 1.92. The van der Waals surface area contributed by atoms with E-state index in [-0.39, 0.29) is 24.1 Å². The van der Waals surface area contributed by atoms with E-state index in [9.17, 15) is 9.59 Å². The summed E-state index contributed by atoms with van der Waals surface area (Å²) in [6.45, 7) is 1.71. The van der Waals surface area contributed by atoms with Gasteiger partial charge in [0.25, 0.3) is 11.8 Å². The molecule has 0 saturated heterocycles. The average Bonchev–Trinajstić information content (AvgIpc) is 2.54. The van der Waals surface area contributed by atoms with Crippen LogP contribution in [0.2, 0.25) is 0 Å². The average molecular weight is 298 g/mol. The normalized spacial score (nSPS) is 11.5. The molecule has 2 amide bonds. The zero-order valence-electron chi connectivity index (χ0n) is 12.3. The highest BCUT2D eigenvalue weighted by Crippen LogP contribution is 2.17. The van der Waals surface area contributed by atoms with E-state index in [2.05, 4.69) is 5.32 Å². The van der Waals surface area contributed by atoms with Gasteiger partial charge in [0.15, 0.2) is 6.61 Å². The van der Waals surface area contributed by atoms with E-state index in [1.54, 1.807) is 24.3 Å². The van der Waals surface area contributed by atoms with Crippen molar-refractivity contribution < 1.29 is 14.3 Å². The van der Waals surface area contributed by atoms with E-state index >= 15 is 0 Å². The fourth-order valence-electron chi connectivity index (χ4n) is 2.05. The van der Waals surface area contributed by atoms with Gasteiger partial charge in [0, 0.05) is 0 Å². The lowest BCUT2D eigenvalue weighted by molar-refractivity contribution is -0.123. The first-order valence-electron chi connectivity index (χ1n) is 6.94. The molecule has 114 valence electrons. The van der Waals surface area contributed by atoms with Crippen LogP contribution in [0.3, 0.4) is 0 Å². The summed E-state index contributed by atoms with van der Waals surface area (Å²) in [5, 5.41) is 2.83. The van der Waals surface area contributed by atoms with Gasteiger partial charge >= 0.3 is 0 Å². The van der Waals surface area contributed by atoms with Gasteiger partial charge < -0.3 is 15.8 Å². The molecule has 0 unspecified atom stereocenters. The van der Waals surface area contributed by atoms with E-state index in [1.165, 1.54) is 0 Å². The number of hydrogen-bond acceptors (Lipinski definition) is 3. The molecule has 2 aromatic carbocycles. The summed E-state index contributed by atoms with van der Waals surface area (Å²) < 4.78 is 5.38. The molecule has 0 heterocycles. The first-order chi connectivity index (χ1) is 10.6. The Morgan fingerprint density at radius 1 is 1.09 bits per heavy atom. The topological polar surface area (TPSA) is 81.4 Å². The summed E-state index contributed by atoms with van der Waals surface area (Å²) in [5.74, 6) is -0.554. The number of hydrogen-bond donors (Lipinski definition) is 2. The maximum atomic E-state index is 11.9. The van der Waals surface area contributed by atoms with Crippen LogP contribution in [-0.2, 0) is 4.79 Å². The third-order valence-corrected chi connectivity index (χ3v) is 3.19. The van der Waals surface area contributed by atoms with Crippen molar-refractivity contribution in [3.63, 3.8) is 0 Å². The van der Waals surface area contributed by atoms with E-state index in [4.69, 9.17) is 10.5 Å². The van der Waals surface area contributed by atoms with Gasteiger partial charge in [0.05, 0.1) is 11.6 Å². The minimum atomic E-state index is -0.589. The molecular weight excluding hydrogens is 280 g/mol. The monoisotopic (exact) mass is 298 g/mol. The van der Waals surface area contributed by atoms with Crippen molar-refractivity contribution >= 4 is 11.8 Å². The van der Waals surface area contributed by atoms with E-state index in [1.807, 2.05) is 37.3 Å². The third kappa shape index (κ3) is 4.09. The van der Waals surface area contributed by atoms with Crippen molar-refractivity contribution in [3.05, 3.63) is 65.7 Å². The molecular formula is C17H18N2O3. The molecule has 0 bridgehead atoms.